The van der Waals surface area contributed by atoms with Gasteiger partial charge in [-0.1, -0.05) is 30.3 Å². The Morgan fingerprint density at radius 3 is 2.56 bits per heavy atom. The first kappa shape index (κ1) is 20.9. The van der Waals surface area contributed by atoms with Crippen LogP contribution in [0, 0.1) is 0 Å². The minimum absolute atomic E-state index is 0.0532. The second-order valence-electron chi connectivity index (χ2n) is 7.18. The van der Waals surface area contributed by atoms with Gasteiger partial charge in [0.25, 0.3) is 5.91 Å². The summed E-state index contributed by atoms with van der Waals surface area (Å²) in [5.74, 6) is -0.555. The van der Waals surface area contributed by atoms with Crippen molar-refractivity contribution >= 4 is 45.2 Å². The number of carbonyl (C=O) groups is 2. The standard InChI is InChI=1S/C24H21N3O5/c1-14(26-27-24(30)16-8-3-5-9-19(16)28)11-23(29)25-18-13-21-17(12-22(18)31-2)15-7-4-6-10-20(15)32-21/h3-10,12-13,28H,11H2,1-2H3,(H,25,29)(H,27,30)/b26-14-. The number of hydrogen-bond acceptors (Lipinski definition) is 6. The molecule has 3 N–H and O–H groups in total. The van der Waals surface area contributed by atoms with E-state index in [9.17, 15) is 14.7 Å². The average molecular weight is 431 g/mol. The van der Waals surface area contributed by atoms with E-state index in [4.69, 9.17) is 9.15 Å². The number of phenols is 1. The Morgan fingerprint density at radius 2 is 1.78 bits per heavy atom. The van der Waals surface area contributed by atoms with E-state index >= 15 is 0 Å². The molecular weight excluding hydrogens is 410 g/mol. The van der Waals surface area contributed by atoms with Gasteiger partial charge in [-0.3, -0.25) is 9.59 Å². The Morgan fingerprint density at radius 1 is 1.03 bits per heavy atom. The van der Waals surface area contributed by atoms with Crippen LogP contribution < -0.4 is 15.5 Å². The summed E-state index contributed by atoms with van der Waals surface area (Å²) in [6.07, 6.45) is -0.0532. The maximum Gasteiger partial charge on any atom is 0.275 e. The third-order valence-electron chi connectivity index (χ3n) is 4.89. The van der Waals surface area contributed by atoms with Crippen molar-refractivity contribution < 1.29 is 23.8 Å². The highest BCUT2D eigenvalue weighted by Crippen LogP contribution is 2.36. The van der Waals surface area contributed by atoms with Gasteiger partial charge in [0, 0.05) is 22.6 Å². The van der Waals surface area contributed by atoms with Gasteiger partial charge in [0.05, 0.1) is 24.8 Å². The molecule has 2 amide bonds. The number of benzene rings is 3. The van der Waals surface area contributed by atoms with Crippen molar-refractivity contribution in [3.05, 3.63) is 66.2 Å². The van der Waals surface area contributed by atoms with Crippen LogP contribution in [0.15, 0.2) is 70.2 Å². The third kappa shape index (κ3) is 4.24. The van der Waals surface area contributed by atoms with Crippen LogP contribution in [0.2, 0.25) is 0 Å². The van der Waals surface area contributed by atoms with E-state index in [-0.39, 0.29) is 23.6 Å². The van der Waals surface area contributed by atoms with Crippen LogP contribution >= 0.6 is 0 Å². The van der Waals surface area contributed by atoms with Gasteiger partial charge in [0.1, 0.15) is 22.7 Å². The Bertz CT molecular complexity index is 1360. The maximum atomic E-state index is 12.5. The lowest BCUT2D eigenvalue weighted by Gasteiger charge is -2.10. The highest BCUT2D eigenvalue weighted by Gasteiger charge is 2.15. The Balaban J connectivity index is 1.47. The fraction of sp³-hybridized carbons (Fsp3) is 0.125. The molecule has 0 aliphatic heterocycles. The smallest absolute Gasteiger partial charge is 0.275 e. The number of rotatable bonds is 6. The molecule has 4 aromatic rings. The van der Waals surface area contributed by atoms with Crippen molar-refractivity contribution in [2.75, 3.05) is 12.4 Å². The van der Waals surface area contributed by atoms with E-state index in [1.54, 1.807) is 25.1 Å². The number of amides is 2. The third-order valence-corrected chi connectivity index (χ3v) is 4.89. The van der Waals surface area contributed by atoms with Gasteiger partial charge in [-0.05, 0) is 31.2 Å². The van der Waals surface area contributed by atoms with Crippen LogP contribution in [0.1, 0.15) is 23.7 Å². The molecule has 0 fully saturated rings. The Kier molecular flexibility index (Phi) is 5.76. The SMILES string of the molecule is COc1cc2c(cc1NC(=O)C/C(C)=N\NC(=O)c1ccccc1O)oc1ccccc12. The molecule has 8 nitrogen and oxygen atoms in total. The number of nitrogens with zero attached hydrogens (tertiary/aromatic N) is 1. The van der Waals surface area contributed by atoms with Crippen LogP contribution in [0.25, 0.3) is 21.9 Å². The summed E-state index contributed by atoms with van der Waals surface area (Å²) in [7, 11) is 1.53. The zero-order valence-electron chi connectivity index (χ0n) is 17.5. The summed E-state index contributed by atoms with van der Waals surface area (Å²) >= 11 is 0. The number of methoxy groups -OCH3 is 1. The molecule has 0 aliphatic carbocycles. The van der Waals surface area contributed by atoms with Gasteiger partial charge >= 0.3 is 0 Å². The van der Waals surface area contributed by atoms with Crippen LogP contribution in [-0.4, -0.2) is 29.7 Å². The quantitative estimate of drug-likeness (QED) is 0.309. The summed E-state index contributed by atoms with van der Waals surface area (Å²) in [6.45, 7) is 1.62. The fourth-order valence-corrected chi connectivity index (χ4v) is 3.36. The van der Waals surface area contributed by atoms with E-state index < -0.39 is 5.91 Å². The normalized spacial score (nSPS) is 11.5. The van der Waals surface area contributed by atoms with Crippen molar-refractivity contribution in [1.29, 1.82) is 0 Å². The molecule has 4 rings (SSSR count). The second-order valence-corrected chi connectivity index (χ2v) is 7.18. The number of hydrogen-bond donors (Lipinski definition) is 3. The van der Waals surface area contributed by atoms with E-state index in [0.717, 1.165) is 16.4 Å². The molecule has 0 atom stereocenters. The van der Waals surface area contributed by atoms with Gasteiger partial charge in [-0.15, -0.1) is 0 Å². The van der Waals surface area contributed by atoms with E-state index in [1.165, 1.54) is 19.2 Å². The average Bonchev–Trinajstić information content (AvgIpc) is 3.14. The van der Waals surface area contributed by atoms with Crippen LogP contribution in [0.5, 0.6) is 11.5 Å². The second kappa shape index (κ2) is 8.81. The lowest BCUT2D eigenvalue weighted by atomic mass is 10.1. The predicted molar refractivity (Wildman–Crippen MR) is 122 cm³/mol. The summed E-state index contributed by atoms with van der Waals surface area (Å²) in [5.41, 5.74) is 4.66. The predicted octanol–water partition coefficient (Wildman–Crippen LogP) is 4.43. The fourth-order valence-electron chi connectivity index (χ4n) is 3.36. The van der Waals surface area contributed by atoms with Crippen molar-refractivity contribution in [2.45, 2.75) is 13.3 Å². The molecule has 162 valence electrons. The lowest BCUT2D eigenvalue weighted by Crippen LogP contribution is -2.21. The number of furan rings is 1. The van der Waals surface area contributed by atoms with Crippen LogP contribution in [0.3, 0.4) is 0 Å². The number of nitrogens with one attached hydrogen (secondary N) is 2. The van der Waals surface area contributed by atoms with Gasteiger partial charge < -0.3 is 19.6 Å². The van der Waals surface area contributed by atoms with E-state index in [1.807, 2.05) is 30.3 Å². The summed E-state index contributed by atoms with van der Waals surface area (Å²) in [4.78, 5) is 24.7. The van der Waals surface area contributed by atoms with Crippen LogP contribution in [0.4, 0.5) is 5.69 Å². The molecule has 1 heterocycles. The number of para-hydroxylation sites is 2. The molecule has 0 bridgehead atoms. The zero-order valence-corrected chi connectivity index (χ0v) is 17.5. The minimum Gasteiger partial charge on any atom is -0.507 e. The largest absolute Gasteiger partial charge is 0.507 e. The molecule has 8 heteroatoms. The summed E-state index contributed by atoms with van der Waals surface area (Å²) in [5, 5.41) is 18.3. The number of ether oxygens (including phenoxy) is 1. The van der Waals surface area contributed by atoms with Gasteiger partial charge in [0.2, 0.25) is 5.91 Å². The van der Waals surface area contributed by atoms with Crippen LogP contribution in [-0.2, 0) is 4.79 Å². The van der Waals surface area contributed by atoms with Crippen molar-refractivity contribution in [2.24, 2.45) is 5.10 Å². The van der Waals surface area contributed by atoms with Gasteiger partial charge in [-0.25, -0.2) is 5.43 Å². The number of hydrazone groups is 1. The highest BCUT2D eigenvalue weighted by molar-refractivity contribution is 6.10. The monoisotopic (exact) mass is 431 g/mol. The van der Waals surface area contributed by atoms with Crippen molar-refractivity contribution in [3.8, 4) is 11.5 Å². The Labute approximate surface area is 183 Å². The molecule has 0 radical (unpaired) electrons. The van der Waals surface area contributed by atoms with E-state index in [2.05, 4.69) is 15.8 Å². The van der Waals surface area contributed by atoms with Crippen molar-refractivity contribution in [3.63, 3.8) is 0 Å². The molecular formula is C24H21N3O5. The minimum atomic E-state index is -0.570. The molecule has 3 aromatic carbocycles. The number of phenolic OH excluding ortho intramolecular Hbond substituents is 1. The van der Waals surface area contributed by atoms with E-state index in [0.29, 0.717) is 22.7 Å². The molecule has 0 aliphatic rings. The maximum absolute atomic E-state index is 12.5. The number of anilines is 1. The number of fused-ring (bicyclic) bond motifs is 3. The summed E-state index contributed by atoms with van der Waals surface area (Å²) < 4.78 is 11.3. The first-order valence-corrected chi connectivity index (χ1v) is 9.87. The lowest BCUT2D eigenvalue weighted by molar-refractivity contribution is -0.115. The zero-order chi connectivity index (χ0) is 22.7. The molecule has 0 saturated carbocycles. The molecule has 32 heavy (non-hydrogen) atoms. The topological polar surface area (TPSA) is 113 Å². The number of aromatic hydroxyl groups is 1. The molecule has 1 aromatic heterocycles. The molecule has 0 spiro atoms. The number of carbonyl (C=O) groups excluding carboxylic acids is 2. The van der Waals surface area contributed by atoms with Gasteiger partial charge in [-0.2, -0.15) is 5.10 Å². The molecule has 0 unspecified atom stereocenters. The Hall–Kier alpha value is -4.33. The molecule has 0 saturated heterocycles. The first-order chi connectivity index (χ1) is 15.5. The van der Waals surface area contributed by atoms with Crippen molar-refractivity contribution in [1.82, 2.24) is 5.43 Å². The van der Waals surface area contributed by atoms with Gasteiger partial charge in [0.15, 0.2) is 0 Å². The summed E-state index contributed by atoms with van der Waals surface area (Å²) in [6, 6.07) is 17.3. The highest BCUT2D eigenvalue weighted by atomic mass is 16.5. The first-order valence-electron chi connectivity index (χ1n) is 9.87.